The molecule has 2 rings (SSSR count). The summed E-state index contributed by atoms with van der Waals surface area (Å²) >= 11 is 9.13. The Morgan fingerprint density at radius 1 is 1.05 bits per heavy atom. The predicted octanol–water partition coefficient (Wildman–Crippen LogP) is 4.10. The standard InChI is InChI=1S/C16H14BrClO4/c17-14-10-12(18)6-7-15(14)22-11-16(19)21-9-8-20-13-4-2-1-3-5-13/h1-7,10H,8-9,11H2. The molecule has 2 aromatic rings. The molecule has 22 heavy (non-hydrogen) atoms. The number of carbonyl (C=O) groups is 1. The summed E-state index contributed by atoms with van der Waals surface area (Å²) in [5.41, 5.74) is 0. The van der Waals surface area contributed by atoms with Crippen molar-refractivity contribution in [2.75, 3.05) is 19.8 Å². The second-order valence-corrected chi connectivity index (χ2v) is 5.54. The van der Waals surface area contributed by atoms with Gasteiger partial charge in [-0.2, -0.15) is 0 Å². The zero-order chi connectivity index (χ0) is 15.8. The van der Waals surface area contributed by atoms with Gasteiger partial charge in [0.2, 0.25) is 0 Å². The number of benzene rings is 2. The van der Waals surface area contributed by atoms with Gasteiger partial charge in [0.05, 0.1) is 4.47 Å². The largest absolute Gasteiger partial charge is 0.490 e. The molecule has 0 radical (unpaired) electrons. The monoisotopic (exact) mass is 384 g/mol. The number of halogens is 2. The molecule has 0 aliphatic rings. The van der Waals surface area contributed by atoms with Gasteiger partial charge in [-0.25, -0.2) is 4.79 Å². The molecule has 6 heteroatoms. The van der Waals surface area contributed by atoms with Crippen molar-refractivity contribution in [3.63, 3.8) is 0 Å². The molecule has 0 aliphatic carbocycles. The lowest BCUT2D eigenvalue weighted by molar-refractivity contribution is -0.146. The zero-order valence-electron chi connectivity index (χ0n) is 11.6. The van der Waals surface area contributed by atoms with Gasteiger partial charge in [0, 0.05) is 5.02 Å². The van der Waals surface area contributed by atoms with Crippen LogP contribution in [0, 0.1) is 0 Å². The number of carbonyl (C=O) groups excluding carboxylic acids is 1. The maximum atomic E-state index is 11.6. The molecule has 0 unspecified atom stereocenters. The van der Waals surface area contributed by atoms with Gasteiger partial charge in [-0.05, 0) is 46.3 Å². The van der Waals surface area contributed by atoms with Gasteiger partial charge < -0.3 is 14.2 Å². The third-order valence-corrected chi connectivity index (χ3v) is 3.45. The average molecular weight is 386 g/mol. The van der Waals surface area contributed by atoms with Crippen LogP contribution in [0.5, 0.6) is 11.5 Å². The van der Waals surface area contributed by atoms with Crippen LogP contribution in [-0.2, 0) is 9.53 Å². The molecule has 0 fully saturated rings. The van der Waals surface area contributed by atoms with E-state index in [9.17, 15) is 4.79 Å². The molecular formula is C16H14BrClO4. The van der Waals surface area contributed by atoms with Crippen LogP contribution < -0.4 is 9.47 Å². The Morgan fingerprint density at radius 3 is 2.55 bits per heavy atom. The SMILES string of the molecule is O=C(COc1ccc(Cl)cc1Br)OCCOc1ccccc1. The lowest BCUT2D eigenvalue weighted by Crippen LogP contribution is -2.18. The first kappa shape index (κ1) is 16.6. The minimum atomic E-state index is -0.460. The normalized spacial score (nSPS) is 10.1. The average Bonchev–Trinajstić information content (AvgIpc) is 2.52. The van der Waals surface area contributed by atoms with Gasteiger partial charge in [-0.1, -0.05) is 29.8 Å². The molecule has 4 nitrogen and oxygen atoms in total. The van der Waals surface area contributed by atoms with Gasteiger partial charge in [0.1, 0.15) is 24.7 Å². The second kappa shape index (κ2) is 8.66. The number of rotatable bonds is 7. The third-order valence-electron chi connectivity index (χ3n) is 2.60. The minimum Gasteiger partial charge on any atom is -0.490 e. The number of ether oxygens (including phenoxy) is 3. The summed E-state index contributed by atoms with van der Waals surface area (Å²) in [5, 5.41) is 0.583. The minimum absolute atomic E-state index is 0.166. The Labute approximate surface area is 142 Å². The first-order chi connectivity index (χ1) is 10.6. The van der Waals surface area contributed by atoms with Crippen molar-refractivity contribution in [2.45, 2.75) is 0 Å². The zero-order valence-corrected chi connectivity index (χ0v) is 14.0. The molecule has 0 spiro atoms. The summed E-state index contributed by atoms with van der Waals surface area (Å²) < 4.78 is 16.5. The quantitative estimate of drug-likeness (QED) is 0.532. The highest BCUT2D eigenvalue weighted by molar-refractivity contribution is 9.10. The fourth-order valence-corrected chi connectivity index (χ4v) is 2.40. The van der Waals surface area contributed by atoms with Crippen molar-refractivity contribution in [1.82, 2.24) is 0 Å². The highest BCUT2D eigenvalue weighted by atomic mass is 79.9. The molecule has 0 N–H and O–H groups in total. The van der Waals surface area contributed by atoms with Crippen LogP contribution in [0.1, 0.15) is 0 Å². The molecule has 2 aromatic carbocycles. The molecule has 0 bridgehead atoms. The van der Waals surface area contributed by atoms with Crippen molar-refractivity contribution in [3.05, 3.63) is 58.0 Å². The lowest BCUT2D eigenvalue weighted by atomic mass is 10.3. The fraction of sp³-hybridized carbons (Fsp3) is 0.188. The van der Waals surface area contributed by atoms with Crippen LogP contribution in [0.25, 0.3) is 0 Å². The van der Waals surface area contributed by atoms with Gasteiger partial charge in [0.25, 0.3) is 0 Å². The van der Waals surface area contributed by atoms with E-state index in [1.807, 2.05) is 30.3 Å². The van der Waals surface area contributed by atoms with Crippen molar-refractivity contribution >= 4 is 33.5 Å². The Balaban J connectivity index is 1.65. The van der Waals surface area contributed by atoms with Crippen molar-refractivity contribution < 1.29 is 19.0 Å². The smallest absolute Gasteiger partial charge is 0.344 e. The maximum absolute atomic E-state index is 11.6. The molecule has 0 saturated carbocycles. The summed E-state index contributed by atoms with van der Waals surface area (Å²) in [4.78, 5) is 11.6. The van der Waals surface area contributed by atoms with E-state index in [1.54, 1.807) is 18.2 Å². The Bertz CT molecular complexity index is 619. The van der Waals surface area contributed by atoms with E-state index >= 15 is 0 Å². The highest BCUT2D eigenvalue weighted by Crippen LogP contribution is 2.27. The number of para-hydroxylation sites is 1. The van der Waals surface area contributed by atoms with Crippen LogP contribution in [0.4, 0.5) is 0 Å². The molecular weight excluding hydrogens is 372 g/mol. The third kappa shape index (κ3) is 5.58. The van der Waals surface area contributed by atoms with E-state index in [-0.39, 0.29) is 13.2 Å². The van der Waals surface area contributed by atoms with Crippen LogP contribution in [0.3, 0.4) is 0 Å². The van der Waals surface area contributed by atoms with Crippen molar-refractivity contribution in [2.24, 2.45) is 0 Å². The second-order valence-electron chi connectivity index (χ2n) is 4.25. The summed E-state index contributed by atoms with van der Waals surface area (Å²) in [7, 11) is 0. The summed E-state index contributed by atoms with van der Waals surface area (Å²) in [5.74, 6) is 0.806. The van der Waals surface area contributed by atoms with E-state index in [4.69, 9.17) is 25.8 Å². The molecule has 0 aromatic heterocycles. The molecule has 0 heterocycles. The topological polar surface area (TPSA) is 44.8 Å². The van der Waals surface area contributed by atoms with E-state index in [0.29, 0.717) is 21.9 Å². The van der Waals surface area contributed by atoms with Crippen LogP contribution in [-0.4, -0.2) is 25.8 Å². The molecule has 0 amide bonds. The maximum Gasteiger partial charge on any atom is 0.344 e. The van der Waals surface area contributed by atoms with Crippen LogP contribution >= 0.6 is 27.5 Å². The molecule has 0 aliphatic heterocycles. The van der Waals surface area contributed by atoms with Gasteiger partial charge in [-0.15, -0.1) is 0 Å². The van der Waals surface area contributed by atoms with Gasteiger partial charge >= 0.3 is 5.97 Å². The van der Waals surface area contributed by atoms with Crippen LogP contribution in [0.2, 0.25) is 5.02 Å². The van der Waals surface area contributed by atoms with E-state index in [1.165, 1.54) is 0 Å². The molecule has 116 valence electrons. The van der Waals surface area contributed by atoms with Crippen molar-refractivity contribution in [1.29, 1.82) is 0 Å². The number of esters is 1. The number of hydrogen-bond donors (Lipinski definition) is 0. The lowest BCUT2D eigenvalue weighted by Gasteiger charge is -2.09. The fourth-order valence-electron chi connectivity index (χ4n) is 1.60. The highest BCUT2D eigenvalue weighted by Gasteiger charge is 2.07. The molecule has 0 atom stereocenters. The summed E-state index contributed by atoms with van der Waals surface area (Å²) in [6.07, 6.45) is 0. The number of hydrogen-bond acceptors (Lipinski definition) is 4. The first-order valence-corrected chi connectivity index (χ1v) is 7.73. The predicted molar refractivity (Wildman–Crippen MR) is 87.5 cm³/mol. The van der Waals surface area contributed by atoms with E-state index < -0.39 is 5.97 Å². The van der Waals surface area contributed by atoms with Crippen LogP contribution in [0.15, 0.2) is 53.0 Å². The Hall–Kier alpha value is -1.72. The van der Waals surface area contributed by atoms with Crippen molar-refractivity contribution in [3.8, 4) is 11.5 Å². The van der Waals surface area contributed by atoms with Gasteiger partial charge in [-0.3, -0.25) is 0 Å². The Kier molecular flexibility index (Phi) is 6.55. The van der Waals surface area contributed by atoms with Gasteiger partial charge in [0.15, 0.2) is 6.61 Å². The van der Waals surface area contributed by atoms with E-state index in [2.05, 4.69) is 15.9 Å². The summed E-state index contributed by atoms with van der Waals surface area (Å²) in [6, 6.07) is 14.4. The van der Waals surface area contributed by atoms with E-state index in [0.717, 1.165) is 5.75 Å². The Morgan fingerprint density at radius 2 is 1.82 bits per heavy atom. The first-order valence-electron chi connectivity index (χ1n) is 6.56. The molecule has 0 saturated heterocycles. The summed E-state index contributed by atoms with van der Waals surface area (Å²) in [6.45, 7) is 0.283.